The number of hydrogen-bond acceptors (Lipinski definition) is 7. The molecule has 4 heterocycles. The molecule has 3 aliphatic heterocycles. The first kappa shape index (κ1) is 24.1. The van der Waals surface area contributed by atoms with Gasteiger partial charge in [-0.25, -0.2) is 4.98 Å². The largest absolute Gasteiger partial charge is 0.497 e. The summed E-state index contributed by atoms with van der Waals surface area (Å²) in [7, 11) is 1.63. The molecule has 0 saturated carbocycles. The Morgan fingerprint density at radius 3 is 2.86 bits per heavy atom. The van der Waals surface area contributed by atoms with Crippen LogP contribution in [0.4, 0.5) is 0 Å². The van der Waals surface area contributed by atoms with Crippen molar-refractivity contribution in [2.24, 2.45) is 0 Å². The Bertz CT molecular complexity index is 1160. The van der Waals surface area contributed by atoms with Gasteiger partial charge in [-0.15, -0.1) is 0 Å². The molecule has 5 rings (SSSR count). The lowest BCUT2D eigenvalue weighted by Crippen LogP contribution is -2.61. The number of hydrogen-bond donors (Lipinski definition) is 1. The Balaban J connectivity index is 1.47. The van der Waals surface area contributed by atoms with Gasteiger partial charge in [0, 0.05) is 51.9 Å². The predicted octanol–water partition coefficient (Wildman–Crippen LogP) is 0.915. The summed E-state index contributed by atoms with van der Waals surface area (Å²) in [4.78, 5) is 49.2. The van der Waals surface area contributed by atoms with Gasteiger partial charge in [0.05, 0.1) is 19.2 Å². The third-order valence-electron chi connectivity index (χ3n) is 7.18. The number of piperazine rings is 1. The Kier molecular flexibility index (Phi) is 6.77. The van der Waals surface area contributed by atoms with Crippen molar-refractivity contribution in [3.63, 3.8) is 0 Å². The smallest absolute Gasteiger partial charge is 0.257 e. The van der Waals surface area contributed by atoms with Gasteiger partial charge in [0.1, 0.15) is 17.9 Å². The van der Waals surface area contributed by atoms with Gasteiger partial charge in [0.25, 0.3) is 5.91 Å². The van der Waals surface area contributed by atoms with Crippen LogP contribution in [0.1, 0.15) is 29.3 Å². The van der Waals surface area contributed by atoms with E-state index >= 15 is 0 Å². The Morgan fingerprint density at radius 2 is 2.06 bits per heavy atom. The minimum atomic E-state index is -0.402. The Labute approximate surface area is 210 Å². The number of ether oxygens (including phenoxy) is 2. The highest BCUT2D eigenvalue weighted by atomic mass is 16.5. The van der Waals surface area contributed by atoms with Crippen molar-refractivity contribution in [1.29, 1.82) is 0 Å². The first-order valence-electron chi connectivity index (χ1n) is 12.2. The molecule has 10 heteroatoms. The fraction of sp³-hybridized carbons (Fsp3) is 0.462. The number of aromatic nitrogens is 1. The van der Waals surface area contributed by atoms with E-state index in [1.54, 1.807) is 30.3 Å². The lowest BCUT2D eigenvalue weighted by molar-refractivity contribution is -0.146. The molecule has 0 unspecified atom stereocenters. The van der Waals surface area contributed by atoms with Crippen LogP contribution < -0.4 is 14.8 Å². The van der Waals surface area contributed by atoms with E-state index in [1.165, 1.54) is 6.92 Å². The molecule has 36 heavy (non-hydrogen) atoms. The van der Waals surface area contributed by atoms with E-state index in [9.17, 15) is 14.4 Å². The number of methoxy groups -OCH3 is 1. The third-order valence-corrected chi connectivity index (χ3v) is 7.18. The number of carbonyl (C=O) groups excluding carboxylic acids is 3. The van der Waals surface area contributed by atoms with Crippen LogP contribution in [-0.2, 0) is 16.1 Å². The second-order valence-electron chi connectivity index (χ2n) is 9.52. The number of pyridine rings is 1. The average molecular weight is 494 g/mol. The van der Waals surface area contributed by atoms with E-state index in [4.69, 9.17) is 9.47 Å². The maximum atomic E-state index is 14.0. The number of rotatable bonds is 3. The minimum Gasteiger partial charge on any atom is -0.497 e. The second-order valence-corrected chi connectivity index (χ2v) is 9.52. The molecule has 3 atom stereocenters. The monoisotopic (exact) mass is 493 g/mol. The van der Waals surface area contributed by atoms with Crippen molar-refractivity contribution < 1.29 is 23.9 Å². The number of carbonyl (C=O) groups is 3. The maximum absolute atomic E-state index is 14.0. The molecule has 2 saturated heterocycles. The molecule has 2 fully saturated rings. The van der Waals surface area contributed by atoms with Crippen molar-refractivity contribution in [3.05, 3.63) is 53.7 Å². The van der Waals surface area contributed by atoms with Crippen LogP contribution in [0.3, 0.4) is 0 Å². The number of amides is 3. The maximum Gasteiger partial charge on any atom is 0.257 e. The van der Waals surface area contributed by atoms with Crippen LogP contribution in [-0.4, -0.2) is 95.4 Å². The molecule has 2 aromatic rings. The van der Waals surface area contributed by atoms with Crippen LogP contribution in [0, 0.1) is 0 Å². The zero-order valence-electron chi connectivity index (χ0n) is 20.6. The highest BCUT2D eigenvalue weighted by Gasteiger charge is 2.43. The lowest BCUT2D eigenvalue weighted by atomic mass is 10.1. The van der Waals surface area contributed by atoms with Crippen LogP contribution in [0.25, 0.3) is 0 Å². The molecule has 1 N–H and O–H groups in total. The number of nitrogens with one attached hydrogen (secondary N) is 1. The van der Waals surface area contributed by atoms with E-state index in [0.717, 1.165) is 11.3 Å². The van der Waals surface area contributed by atoms with Gasteiger partial charge in [0.15, 0.2) is 0 Å². The van der Waals surface area contributed by atoms with Gasteiger partial charge >= 0.3 is 0 Å². The first-order chi connectivity index (χ1) is 17.4. The van der Waals surface area contributed by atoms with Gasteiger partial charge < -0.3 is 24.6 Å². The van der Waals surface area contributed by atoms with E-state index in [0.29, 0.717) is 44.7 Å². The highest BCUT2D eigenvalue weighted by molar-refractivity contribution is 5.96. The summed E-state index contributed by atoms with van der Waals surface area (Å²) in [6, 6.07) is 10.2. The average Bonchev–Trinajstić information content (AvgIpc) is 3.28. The summed E-state index contributed by atoms with van der Waals surface area (Å²) >= 11 is 0. The molecule has 0 spiro atoms. The molecule has 10 nitrogen and oxygen atoms in total. The van der Waals surface area contributed by atoms with E-state index in [-0.39, 0.29) is 42.3 Å². The number of likely N-dealkylation sites (tertiary alicyclic amines) is 1. The molecule has 0 radical (unpaired) electrons. The summed E-state index contributed by atoms with van der Waals surface area (Å²) in [6.07, 6.45) is 2.08. The van der Waals surface area contributed by atoms with Crippen LogP contribution in [0.15, 0.2) is 42.6 Å². The van der Waals surface area contributed by atoms with E-state index < -0.39 is 6.04 Å². The van der Waals surface area contributed by atoms with Gasteiger partial charge in [-0.2, -0.15) is 0 Å². The Morgan fingerprint density at radius 1 is 1.19 bits per heavy atom. The van der Waals surface area contributed by atoms with Gasteiger partial charge in [-0.3, -0.25) is 19.3 Å². The molecular formula is C26H31N5O5. The fourth-order valence-corrected chi connectivity index (χ4v) is 5.33. The van der Waals surface area contributed by atoms with Crippen LogP contribution in [0.5, 0.6) is 11.6 Å². The summed E-state index contributed by atoms with van der Waals surface area (Å²) in [5.41, 5.74) is 1.39. The number of fused-ring (bicyclic) bond motifs is 4. The fourth-order valence-electron chi connectivity index (χ4n) is 5.33. The number of benzene rings is 1. The first-order valence-corrected chi connectivity index (χ1v) is 12.2. The van der Waals surface area contributed by atoms with Gasteiger partial charge in [-0.1, -0.05) is 12.1 Å². The number of nitrogens with zero attached hydrogens (tertiary/aromatic N) is 4. The molecule has 0 aliphatic carbocycles. The standard InChI is InChI=1S/C26H31N5O5/c1-17(32)29-9-10-31-20(15-29)16-36-25-22(7-4-8-27-25)24(33)28-19-12-23(26(31)34)30(14-19)13-18-5-3-6-21(11-18)35-2/h3-8,11,19-20,23H,9-10,12-16H2,1-2H3,(H,28,33)/t19-,20+,23+/m1/s1. The molecule has 1 aromatic carbocycles. The summed E-state index contributed by atoms with van der Waals surface area (Å²) in [6.45, 7) is 4.05. The summed E-state index contributed by atoms with van der Waals surface area (Å²) in [5.74, 6) is 0.668. The molecule has 1 aromatic heterocycles. The quantitative estimate of drug-likeness (QED) is 0.678. The van der Waals surface area contributed by atoms with Crippen molar-refractivity contribution in [2.75, 3.05) is 39.9 Å². The Hall–Kier alpha value is -3.66. The topological polar surface area (TPSA) is 104 Å². The van der Waals surface area contributed by atoms with Crippen molar-refractivity contribution >= 4 is 17.7 Å². The van der Waals surface area contributed by atoms with Gasteiger partial charge in [0.2, 0.25) is 17.7 Å². The van der Waals surface area contributed by atoms with Gasteiger partial charge in [-0.05, 0) is 36.2 Å². The molecule has 3 aliphatic rings. The SMILES string of the molecule is COc1cccc(CN2C[C@H]3C[C@H]2C(=O)N2CCN(C(C)=O)C[C@H]2COc2ncccc2C(=O)N3)c1. The molecule has 2 bridgehead atoms. The van der Waals surface area contributed by atoms with Crippen molar-refractivity contribution in [1.82, 2.24) is 25.0 Å². The van der Waals surface area contributed by atoms with E-state index in [2.05, 4.69) is 15.2 Å². The molecule has 190 valence electrons. The lowest BCUT2D eigenvalue weighted by Gasteiger charge is -2.42. The zero-order chi connectivity index (χ0) is 25.2. The normalized spacial score (nSPS) is 24.6. The van der Waals surface area contributed by atoms with Crippen LogP contribution in [0.2, 0.25) is 0 Å². The third kappa shape index (κ3) is 4.86. The van der Waals surface area contributed by atoms with E-state index in [1.807, 2.05) is 29.2 Å². The minimum absolute atomic E-state index is 0.00624. The van der Waals surface area contributed by atoms with Crippen LogP contribution >= 0.6 is 0 Å². The molecular weight excluding hydrogens is 462 g/mol. The van der Waals surface area contributed by atoms with Crippen molar-refractivity contribution in [3.8, 4) is 11.6 Å². The molecule has 3 amide bonds. The zero-order valence-corrected chi connectivity index (χ0v) is 20.6. The van der Waals surface area contributed by atoms with Crippen molar-refractivity contribution in [2.45, 2.75) is 38.0 Å². The predicted molar refractivity (Wildman–Crippen MR) is 131 cm³/mol. The highest BCUT2D eigenvalue weighted by Crippen LogP contribution is 2.27. The second kappa shape index (κ2) is 10.1. The summed E-state index contributed by atoms with van der Waals surface area (Å²) < 4.78 is 11.4. The summed E-state index contributed by atoms with van der Waals surface area (Å²) in [5, 5.41) is 3.09.